The molecule has 6 rings (SSSR count). The zero-order valence-corrected chi connectivity index (χ0v) is 45.3. The standard InChI is InChI=1S/C52H71N15O9S2/c1-29(60-49(74)42(27-78)67-50(75)40(66-52(67)76)22-31-13-6-3-7-14-31)44(69)63-39(23-33-25-56-28-59-33)48(73)64-38(21-30-11-4-2-5-12-30)47(72)61-36(17-10-20-57-51(54)55)45(70)62-37(46(71)65-41(26-77)43(53)68)19-18-32-24-58-35-16-9-8-15-34(32)35/h2,4-5,8-9,11-12,15-16,24-25,28-29,31,36-42,58,77-78H,3,6-7,10,13-14,17-23,26-27H2,1H3,(H2,53,68)(H,56,59)(H,60,74)(H,61,72)(H,62,70)(H,63,69)(H,64,73)(H,65,71)(H,66,76)(H4,54,55,57)/p+1. The average Bonchev–Trinajstić information content (AvgIpc) is 4.18. The molecule has 0 spiro atoms. The van der Waals surface area contributed by atoms with Gasteiger partial charge >= 0.3 is 11.9 Å². The largest absolute Gasteiger partial charge is 0.370 e. The van der Waals surface area contributed by atoms with Crippen LogP contribution in [0.3, 0.4) is 0 Å². The number of H-pyrrole nitrogens is 2. The lowest BCUT2D eigenvalue weighted by Gasteiger charge is -2.28. The van der Waals surface area contributed by atoms with Gasteiger partial charge in [0.25, 0.3) is 5.91 Å². The van der Waals surface area contributed by atoms with Gasteiger partial charge in [0, 0.05) is 59.9 Å². The monoisotopic (exact) mass is 1110 g/mol. The van der Waals surface area contributed by atoms with E-state index >= 15 is 0 Å². The molecule has 10 amide bonds. The molecule has 1 aliphatic heterocycles. The van der Waals surface area contributed by atoms with Crippen LogP contribution in [0.1, 0.15) is 81.5 Å². The molecule has 2 aromatic carbocycles. The van der Waals surface area contributed by atoms with Gasteiger partial charge in [0.15, 0.2) is 12.0 Å². The number of benzene rings is 2. The maximum Gasteiger partial charge on any atom is 0.332 e. The molecule has 26 heteroatoms. The zero-order chi connectivity index (χ0) is 56.3. The Morgan fingerprint density at radius 2 is 1.36 bits per heavy atom. The van der Waals surface area contributed by atoms with Gasteiger partial charge in [-0.05, 0) is 62.1 Å². The van der Waals surface area contributed by atoms with Crippen molar-refractivity contribution in [1.82, 2.24) is 57.1 Å². The minimum atomic E-state index is -1.39. The van der Waals surface area contributed by atoms with Gasteiger partial charge in [-0.1, -0.05) is 80.6 Å². The fourth-order valence-electron chi connectivity index (χ4n) is 9.59. The highest BCUT2D eigenvalue weighted by Crippen LogP contribution is 2.29. The first-order chi connectivity index (χ1) is 37.5. The van der Waals surface area contributed by atoms with E-state index in [0.717, 1.165) is 53.5 Å². The SMILES string of the molecule is CC(NC(=O)C(CS)N1C(=O)NC(CC2CCCCC2)C1=O)C(=O)NC(Cc1cnc[nH]1)C(=O)NC(Cc1ccccc1)C(=O)NC(CCCN=C(N)N)C(=O)NC(CCc1c[nH]c2ccccc12)C(=O)NC(CS)C([NH3+])=O. The van der Waals surface area contributed by atoms with Crippen LogP contribution < -0.4 is 54.4 Å². The number of para-hydroxylation sites is 1. The maximum atomic E-state index is 14.7. The molecule has 0 radical (unpaired) electrons. The van der Waals surface area contributed by atoms with Crippen LogP contribution in [0.4, 0.5) is 4.79 Å². The first-order valence-electron chi connectivity index (χ1n) is 26.1. The molecule has 2 fully saturated rings. The number of aliphatic imine (C=N–C) groups is 1. The molecule has 16 N–H and O–H groups in total. The highest BCUT2D eigenvalue weighted by molar-refractivity contribution is 7.80. The third-order valence-corrected chi connectivity index (χ3v) is 14.6. The van der Waals surface area contributed by atoms with E-state index in [1.807, 2.05) is 30.5 Å². The second kappa shape index (κ2) is 29.3. The van der Waals surface area contributed by atoms with E-state index in [-0.39, 0.29) is 62.0 Å². The van der Waals surface area contributed by atoms with E-state index in [9.17, 15) is 43.2 Å². The molecule has 420 valence electrons. The topological polar surface area (TPSA) is 378 Å². The summed E-state index contributed by atoms with van der Waals surface area (Å²) >= 11 is 8.49. The number of rotatable bonds is 29. The highest BCUT2D eigenvalue weighted by Gasteiger charge is 2.45. The lowest BCUT2D eigenvalue weighted by Crippen LogP contribution is -2.68. The van der Waals surface area contributed by atoms with Crippen molar-refractivity contribution < 1.29 is 48.9 Å². The third-order valence-electron chi connectivity index (χ3n) is 13.9. The number of fused-ring (bicyclic) bond motifs is 1. The minimum absolute atomic E-state index is 0.0401. The molecule has 2 aromatic heterocycles. The number of hydrogen-bond acceptors (Lipinski definition) is 13. The normalized spacial score (nSPS) is 17.3. The van der Waals surface area contributed by atoms with Crippen molar-refractivity contribution >= 4 is 95.4 Å². The number of urea groups is 1. The second-order valence-corrected chi connectivity index (χ2v) is 20.4. The van der Waals surface area contributed by atoms with Gasteiger partial charge in [0.05, 0.1) is 6.33 Å². The van der Waals surface area contributed by atoms with Gasteiger partial charge in [0.2, 0.25) is 35.4 Å². The Morgan fingerprint density at radius 3 is 2.00 bits per heavy atom. The number of nitrogens with two attached hydrogens (primary N) is 2. The van der Waals surface area contributed by atoms with Crippen molar-refractivity contribution in [1.29, 1.82) is 0 Å². The predicted molar refractivity (Wildman–Crippen MR) is 296 cm³/mol. The zero-order valence-electron chi connectivity index (χ0n) is 43.5. The number of thiol groups is 2. The fourth-order valence-corrected chi connectivity index (χ4v) is 10.2. The number of imidazole rings is 1. The van der Waals surface area contributed by atoms with Crippen LogP contribution in [0.15, 0.2) is 78.3 Å². The minimum Gasteiger partial charge on any atom is -0.370 e. The Bertz CT molecular complexity index is 2750. The Balaban J connectivity index is 1.19. The maximum absolute atomic E-state index is 14.7. The lowest BCUT2D eigenvalue weighted by atomic mass is 9.85. The van der Waals surface area contributed by atoms with Crippen molar-refractivity contribution in [3.63, 3.8) is 0 Å². The first-order valence-corrected chi connectivity index (χ1v) is 27.4. The van der Waals surface area contributed by atoms with Crippen LogP contribution >= 0.6 is 25.3 Å². The summed E-state index contributed by atoms with van der Waals surface area (Å²) in [7, 11) is 0. The number of hydrogen-bond donors (Lipinski definition) is 14. The Kier molecular flexibility index (Phi) is 22.5. The van der Waals surface area contributed by atoms with E-state index in [0.29, 0.717) is 24.1 Å². The van der Waals surface area contributed by atoms with Crippen molar-refractivity contribution in [3.8, 4) is 0 Å². The molecule has 4 aromatic rings. The number of nitrogens with one attached hydrogen (secondary N) is 9. The Labute approximate surface area is 462 Å². The number of quaternary nitrogens is 1. The molecular formula is C52H72N15O9S2+. The van der Waals surface area contributed by atoms with Gasteiger partial charge in [-0.2, -0.15) is 25.3 Å². The molecule has 1 aliphatic carbocycles. The van der Waals surface area contributed by atoms with Crippen LogP contribution in [0.2, 0.25) is 0 Å². The van der Waals surface area contributed by atoms with Crippen LogP contribution in [0, 0.1) is 5.92 Å². The number of imide groups is 1. The van der Waals surface area contributed by atoms with E-state index in [2.05, 4.69) is 88.2 Å². The number of nitrogens with zero attached hydrogens (tertiary/aromatic N) is 3. The van der Waals surface area contributed by atoms with E-state index in [4.69, 9.17) is 11.5 Å². The molecule has 24 nitrogen and oxygen atoms in total. The molecule has 1 saturated heterocycles. The quantitative estimate of drug-likeness (QED) is 0.0104. The van der Waals surface area contributed by atoms with Crippen LogP contribution in [-0.4, -0.2) is 145 Å². The summed E-state index contributed by atoms with van der Waals surface area (Å²) in [6.45, 7) is 1.44. The summed E-state index contributed by atoms with van der Waals surface area (Å²) in [5.41, 5.74) is 17.4. The summed E-state index contributed by atoms with van der Waals surface area (Å²) < 4.78 is 0. The molecular weight excluding hydrogens is 1040 g/mol. The van der Waals surface area contributed by atoms with Gasteiger partial charge in [-0.3, -0.25) is 44.3 Å². The average molecular weight is 1120 g/mol. The molecule has 3 heterocycles. The Morgan fingerprint density at radius 1 is 0.744 bits per heavy atom. The number of aromatic amines is 2. The summed E-state index contributed by atoms with van der Waals surface area (Å²) in [6, 6.07) is 5.73. The predicted octanol–water partition coefficient (Wildman–Crippen LogP) is -0.821. The summed E-state index contributed by atoms with van der Waals surface area (Å²) in [5.74, 6) is -6.09. The van der Waals surface area contributed by atoms with Crippen molar-refractivity contribution in [2.75, 3.05) is 18.1 Å². The molecule has 0 bridgehead atoms. The number of amides is 10. The van der Waals surface area contributed by atoms with E-state index in [1.54, 1.807) is 30.3 Å². The Hall–Kier alpha value is -7.45. The van der Waals surface area contributed by atoms with Crippen LogP contribution in [0.5, 0.6) is 0 Å². The van der Waals surface area contributed by atoms with E-state index < -0.39 is 102 Å². The highest BCUT2D eigenvalue weighted by atomic mass is 32.1. The molecule has 8 atom stereocenters. The molecule has 8 unspecified atom stereocenters. The third kappa shape index (κ3) is 17.0. The van der Waals surface area contributed by atoms with Gasteiger partial charge in [0.1, 0.15) is 42.3 Å². The van der Waals surface area contributed by atoms with Crippen LogP contribution in [-0.2, 0) is 57.6 Å². The fraction of sp³-hybridized carbons (Fsp3) is 0.481. The summed E-state index contributed by atoms with van der Waals surface area (Å²) in [5, 5.41) is 19.8. The van der Waals surface area contributed by atoms with Gasteiger partial charge in [-0.15, -0.1) is 0 Å². The number of aromatic nitrogens is 3. The summed E-state index contributed by atoms with van der Waals surface area (Å²) in [6.07, 6.45) is 10.5. The molecule has 78 heavy (non-hydrogen) atoms. The van der Waals surface area contributed by atoms with Crippen LogP contribution in [0.25, 0.3) is 10.9 Å². The van der Waals surface area contributed by atoms with Gasteiger partial charge < -0.3 is 58.7 Å². The first kappa shape index (κ1) is 59.8. The lowest BCUT2D eigenvalue weighted by molar-refractivity contribution is -0.307. The van der Waals surface area contributed by atoms with Crippen molar-refractivity contribution in [3.05, 3.63) is 90.1 Å². The number of carbonyl (C=O) groups is 9. The molecule has 1 saturated carbocycles. The number of carbonyl (C=O) groups excluding carboxylic acids is 9. The van der Waals surface area contributed by atoms with Crippen molar-refractivity contribution in [2.24, 2.45) is 22.4 Å². The number of aryl methyl sites for hydroxylation is 1. The smallest absolute Gasteiger partial charge is 0.332 e. The number of guanidine groups is 1. The van der Waals surface area contributed by atoms with Crippen molar-refractivity contribution in [2.45, 2.75) is 132 Å². The second-order valence-electron chi connectivity index (χ2n) is 19.7. The molecule has 2 aliphatic rings. The van der Waals surface area contributed by atoms with E-state index in [1.165, 1.54) is 19.4 Å². The van der Waals surface area contributed by atoms with Gasteiger partial charge in [-0.25, -0.2) is 19.5 Å². The summed E-state index contributed by atoms with van der Waals surface area (Å²) in [4.78, 5) is 139.